The Hall–Kier alpha value is -2.25. The van der Waals surface area contributed by atoms with Crippen molar-refractivity contribution in [3.8, 4) is 0 Å². The van der Waals surface area contributed by atoms with Crippen LogP contribution in [0.15, 0.2) is 47.4 Å². The van der Waals surface area contributed by atoms with Gasteiger partial charge < -0.3 is 5.32 Å². The Morgan fingerprint density at radius 1 is 1.17 bits per heavy atom. The smallest absolute Gasteiger partial charge is 0.254 e. The highest BCUT2D eigenvalue weighted by atomic mass is 32.2. The van der Waals surface area contributed by atoms with Gasteiger partial charge in [0.25, 0.3) is 5.91 Å². The summed E-state index contributed by atoms with van der Waals surface area (Å²) in [6.45, 7) is 4.00. The van der Waals surface area contributed by atoms with Gasteiger partial charge in [-0.05, 0) is 30.7 Å². The summed E-state index contributed by atoms with van der Waals surface area (Å²) in [6.07, 6.45) is 0. The number of amides is 1. The maximum Gasteiger partial charge on any atom is 0.254 e. The summed E-state index contributed by atoms with van der Waals surface area (Å²) < 4.78 is 40.2. The molecule has 24 heavy (non-hydrogen) atoms. The summed E-state index contributed by atoms with van der Waals surface area (Å²) in [5.41, 5.74) is 1.62. The molecular formula is C17H19FN2O3S. The fourth-order valence-corrected chi connectivity index (χ4v) is 3.29. The van der Waals surface area contributed by atoms with E-state index in [1.54, 1.807) is 6.92 Å². The minimum Gasteiger partial charge on any atom is -0.348 e. The van der Waals surface area contributed by atoms with Gasteiger partial charge in [-0.2, -0.15) is 0 Å². The molecule has 0 saturated heterocycles. The highest BCUT2D eigenvalue weighted by molar-refractivity contribution is 7.89. The van der Waals surface area contributed by atoms with E-state index in [0.29, 0.717) is 0 Å². The Morgan fingerprint density at radius 3 is 2.58 bits per heavy atom. The summed E-state index contributed by atoms with van der Waals surface area (Å²) in [5, 5.41) is 2.60. The average molecular weight is 350 g/mol. The molecule has 2 rings (SSSR count). The fraction of sp³-hybridized carbons (Fsp3) is 0.235. The van der Waals surface area contributed by atoms with E-state index in [0.717, 1.165) is 29.3 Å². The van der Waals surface area contributed by atoms with Gasteiger partial charge >= 0.3 is 0 Å². The van der Waals surface area contributed by atoms with Gasteiger partial charge in [-0.15, -0.1) is 0 Å². The molecule has 0 atom stereocenters. The van der Waals surface area contributed by atoms with E-state index < -0.39 is 21.7 Å². The molecule has 0 heterocycles. The molecule has 0 aliphatic heterocycles. The molecule has 5 nitrogen and oxygen atoms in total. The quantitative estimate of drug-likeness (QED) is 0.840. The van der Waals surface area contributed by atoms with Crippen molar-refractivity contribution in [2.75, 3.05) is 6.54 Å². The SMILES string of the molecule is CCNS(=O)(=O)c1ccc(F)c(C(=O)NCc2cccc(C)c2)c1. The van der Waals surface area contributed by atoms with Gasteiger partial charge in [0, 0.05) is 13.1 Å². The topological polar surface area (TPSA) is 75.3 Å². The van der Waals surface area contributed by atoms with Crippen LogP contribution in [-0.2, 0) is 16.6 Å². The Morgan fingerprint density at radius 2 is 1.92 bits per heavy atom. The largest absolute Gasteiger partial charge is 0.348 e. The van der Waals surface area contributed by atoms with Crippen LogP contribution in [0.4, 0.5) is 4.39 Å². The van der Waals surface area contributed by atoms with Crippen LogP contribution >= 0.6 is 0 Å². The van der Waals surface area contributed by atoms with Crippen molar-refractivity contribution in [2.24, 2.45) is 0 Å². The second-order valence-corrected chi connectivity index (χ2v) is 7.08. The van der Waals surface area contributed by atoms with E-state index in [2.05, 4.69) is 10.0 Å². The Bertz CT molecular complexity index is 851. The zero-order valence-electron chi connectivity index (χ0n) is 13.5. The fourth-order valence-electron chi connectivity index (χ4n) is 2.22. The number of aryl methyl sites for hydroxylation is 1. The van der Waals surface area contributed by atoms with Crippen LogP contribution in [0.5, 0.6) is 0 Å². The first kappa shape index (κ1) is 18.1. The summed E-state index contributed by atoms with van der Waals surface area (Å²) >= 11 is 0. The number of rotatable bonds is 6. The monoisotopic (exact) mass is 350 g/mol. The van der Waals surface area contributed by atoms with Crippen LogP contribution in [0.25, 0.3) is 0 Å². The third-order valence-electron chi connectivity index (χ3n) is 3.36. The maximum absolute atomic E-state index is 13.9. The van der Waals surface area contributed by atoms with Crippen molar-refractivity contribution in [1.29, 1.82) is 0 Å². The lowest BCUT2D eigenvalue weighted by Crippen LogP contribution is -2.26. The van der Waals surface area contributed by atoms with E-state index in [1.807, 2.05) is 31.2 Å². The molecule has 2 aromatic rings. The third kappa shape index (κ3) is 4.39. The first-order valence-electron chi connectivity index (χ1n) is 7.46. The molecule has 2 aromatic carbocycles. The Balaban J connectivity index is 2.20. The first-order chi connectivity index (χ1) is 11.3. The van der Waals surface area contributed by atoms with Crippen LogP contribution in [-0.4, -0.2) is 20.9 Å². The summed E-state index contributed by atoms with van der Waals surface area (Å²) in [7, 11) is -3.75. The predicted octanol–water partition coefficient (Wildman–Crippen LogP) is 2.36. The lowest BCUT2D eigenvalue weighted by molar-refractivity contribution is 0.0946. The second-order valence-electron chi connectivity index (χ2n) is 5.31. The molecule has 0 aliphatic carbocycles. The van der Waals surface area contributed by atoms with Crippen LogP contribution in [0.2, 0.25) is 0 Å². The normalized spacial score (nSPS) is 11.3. The van der Waals surface area contributed by atoms with Gasteiger partial charge in [-0.3, -0.25) is 4.79 Å². The van der Waals surface area contributed by atoms with Crippen LogP contribution < -0.4 is 10.0 Å². The Labute approximate surface area is 141 Å². The average Bonchev–Trinajstić information content (AvgIpc) is 2.53. The summed E-state index contributed by atoms with van der Waals surface area (Å²) in [6, 6.07) is 10.7. The van der Waals surface area contributed by atoms with Crippen molar-refractivity contribution < 1.29 is 17.6 Å². The number of carbonyl (C=O) groups excluding carboxylic acids is 1. The number of nitrogens with one attached hydrogen (secondary N) is 2. The molecule has 7 heteroatoms. The number of sulfonamides is 1. The van der Waals surface area contributed by atoms with E-state index in [4.69, 9.17) is 0 Å². The van der Waals surface area contributed by atoms with Gasteiger partial charge in [-0.1, -0.05) is 36.8 Å². The number of halogens is 1. The van der Waals surface area contributed by atoms with Crippen molar-refractivity contribution in [3.63, 3.8) is 0 Å². The molecule has 0 spiro atoms. The maximum atomic E-state index is 13.9. The van der Waals surface area contributed by atoms with Gasteiger partial charge in [0.1, 0.15) is 5.82 Å². The molecule has 1 amide bonds. The van der Waals surface area contributed by atoms with E-state index in [9.17, 15) is 17.6 Å². The van der Waals surface area contributed by atoms with Gasteiger partial charge in [0.15, 0.2) is 0 Å². The van der Waals surface area contributed by atoms with Gasteiger partial charge in [0.2, 0.25) is 10.0 Å². The summed E-state index contributed by atoms with van der Waals surface area (Å²) in [4.78, 5) is 12.0. The molecule has 128 valence electrons. The van der Waals surface area contributed by atoms with E-state index in [1.165, 1.54) is 0 Å². The number of carbonyl (C=O) groups is 1. The highest BCUT2D eigenvalue weighted by Crippen LogP contribution is 2.15. The molecule has 0 radical (unpaired) electrons. The van der Waals surface area contributed by atoms with Crippen LogP contribution in [0, 0.1) is 12.7 Å². The zero-order valence-corrected chi connectivity index (χ0v) is 14.3. The molecule has 2 N–H and O–H groups in total. The van der Waals surface area contributed by atoms with E-state index in [-0.39, 0.29) is 23.5 Å². The van der Waals surface area contributed by atoms with Gasteiger partial charge in [-0.25, -0.2) is 17.5 Å². The third-order valence-corrected chi connectivity index (χ3v) is 4.91. The zero-order chi connectivity index (χ0) is 17.7. The first-order valence-corrected chi connectivity index (χ1v) is 8.95. The minimum absolute atomic E-state index is 0.147. The molecule has 0 saturated carbocycles. The molecule has 0 fully saturated rings. The number of hydrogen-bond acceptors (Lipinski definition) is 3. The number of hydrogen-bond donors (Lipinski definition) is 2. The van der Waals surface area contributed by atoms with Crippen molar-refractivity contribution >= 4 is 15.9 Å². The van der Waals surface area contributed by atoms with Gasteiger partial charge in [0.05, 0.1) is 10.5 Å². The molecule has 0 aromatic heterocycles. The van der Waals surface area contributed by atoms with Crippen molar-refractivity contribution in [2.45, 2.75) is 25.3 Å². The Kier molecular flexibility index (Phi) is 5.69. The second kappa shape index (κ2) is 7.55. The molecule has 0 aliphatic rings. The van der Waals surface area contributed by atoms with Crippen LogP contribution in [0.3, 0.4) is 0 Å². The van der Waals surface area contributed by atoms with Crippen LogP contribution in [0.1, 0.15) is 28.4 Å². The lowest BCUT2D eigenvalue weighted by Gasteiger charge is -2.09. The lowest BCUT2D eigenvalue weighted by atomic mass is 10.1. The molecule has 0 unspecified atom stereocenters. The number of benzene rings is 2. The summed E-state index contributed by atoms with van der Waals surface area (Å²) in [5.74, 6) is -1.44. The predicted molar refractivity (Wildman–Crippen MR) is 89.6 cm³/mol. The molecular weight excluding hydrogens is 331 g/mol. The molecule has 0 bridgehead atoms. The van der Waals surface area contributed by atoms with Crippen molar-refractivity contribution in [3.05, 3.63) is 65.0 Å². The standard InChI is InChI=1S/C17H19FN2O3S/c1-3-20-24(22,23)14-7-8-16(18)15(10-14)17(21)19-11-13-6-4-5-12(2)9-13/h4-10,20H,3,11H2,1-2H3,(H,19,21). The van der Waals surface area contributed by atoms with E-state index >= 15 is 0 Å². The highest BCUT2D eigenvalue weighted by Gasteiger charge is 2.18. The van der Waals surface area contributed by atoms with Crippen molar-refractivity contribution in [1.82, 2.24) is 10.0 Å². The minimum atomic E-state index is -3.75.